The second kappa shape index (κ2) is 6.78. The summed E-state index contributed by atoms with van der Waals surface area (Å²) in [7, 11) is 0. The molecule has 0 aliphatic heterocycles. The van der Waals surface area contributed by atoms with E-state index in [0.717, 1.165) is 17.7 Å². The molecule has 0 aliphatic rings. The molecule has 2 aromatic rings. The number of halogens is 3. The molecule has 3 nitrogen and oxygen atoms in total. The summed E-state index contributed by atoms with van der Waals surface area (Å²) in [5.74, 6) is -0.432. The third kappa shape index (κ3) is 4.79. The van der Waals surface area contributed by atoms with Gasteiger partial charge in [0.15, 0.2) is 5.11 Å². The summed E-state index contributed by atoms with van der Waals surface area (Å²) in [4.78, 5) is 12.0. The summed E-state index contributed by atoms with van der Waals surface area (Å²) in [5.41, 5.74) is 0.678. The molecule has 0 heterocycles. The molecular formula is C16H13F3N2OS. The van der Waals surface area contributed by atoms with Crippen LogP contribution < -0.4 is 10.6 Å². The highest BCUT2D eigenvalue weighted by atomic mass is 32.1. The van der Waals surface area contributed by atoms with E-state index in [1.54, 1.807) is 18.2 Å². The zero-order valence-corrected chi connectivity index (χ0v) is 12.9. The van der Waals surface area contributed by atoms with Crippen LogP contribution in [0.15, 0.2) is 48.5 Å². The monoisotopic (exact) mass is 338 g/mol. The number of nitrogens with one attached hydrogen (secondary N) is 2. The van der Waals surface area contributed by atoms with Crippen molar-refractivity contribution in [2.75, 3.05) is 5.32 Å². The minimum absolute atomic E-state index is 0.0733. The molecule has 120 valence electrons. The fourth-order valence-electron chi connectivity index (χ4n) is 1.90. The van der Waals surface area contributed by atoms with Gasteiger partial charge in [0.25, 0.3) is 5.91 Å². The fraction of sp³-hybridized carbons (Fsp3) is 0.125. The molecule has 0 unspecified atom stereocenters. The Labute approximate surface area is 136 Å². The number of benzene rings is 2. The highest BCUT2D eigenvalue weighted by molar-refractivity contribution is 7.80. The molecule has 0 bridgehead atoms. The highest BCUT2D eigenvalue weighted by Crippen LogP contribution is 2.30. The van der Waals surface area contributed by atoms with Crippen molar-refractivity contribution in [2.24, 2.45) is 0 Å². The van der Waals surface area contributed by atoms with Crippen molar-refractivity contribution in [3.8, 4) is 0 Å². The van der Waals surface area contributed by atoms with Crippen LogP contribution in [0.25, 0.3) is 0 Å². The number of hydrogen-bond acceptors (Lipinski definition) is 2. The SMILES string of the molecule is Cc1cccc(C(=O)NC(=S)Nc2cccc(C(F)(F)F)c2)c1. The van der Waals surface area contributed by atoms with E-state index in [4.69, 9.17) is 12.2 Å². The largest absolute Gasteiger partial charge is 0.416 e. The number of aryl methyl sites for hydroxylation is 1. The van der Waals surface area contributed by atoms with E-state index in [9.17, 15) is 18.0 Å². The Hall–Kier alpha value is -2.41. The number of thiocarbonyl (C=S) groups is 1. The lowest BCUT2D eigenvalue weighted by atomic mass is 10.1. The lowest BCUT2D eigenvalue weighted by Crippen LogP contribution is -2.34. The number of rotatable bonds is 2. The average molecular weight is 338 g/mol. The van der Waals surface area contributed by atoms with Crippen LogP contribution in [0.2, 0.25) is 0 Å². The summed E-state index contributed by atoms with van der Waals surface area (Å²) in [6, 6.07) is 11.4. The predicted molar refractivity (Wildman–Crippen MR) is 86.3 cm³/mol. The molecule has 2 aromatic carbocycles. The van der Waals surface area contributed by atoms with Crippen LogP contribution in [-0.4, -0.2) is 11.0 Å². The van der Waals surface area contributed by atoms with Crippen molar-refractivity contribution in [2.45, 2.75) is 13.1 Å². The number of anilines is 1. The molecule has 0 fully saturated rings. The van der Waals surface area contributed by atoms with Crippen molar-refractivity contribution < 1.29 is 18.0 Å². The van der Waals surface area contributed by atoms with E-state index in [1.165, 1.54) is 12.1 Å². The van der Waals surface area contributed by atoms with Crippen molar-refractivity contribution in [3.63, 3.8) is 0 Å². The maximum atomic E-state index is 12.6. The van der Waals surface area contributed by atoms with Gasteiger partial charge in [-0.15, -0.1) is 0 Å². The van der Waals surface area contributed by atoms with Crippen LogP contribution in [-0.2, 0) is 6.18 Å². The van der Waals surface area contributed by atoms with Crippen LogP contribution >= 0.6 is 12.2 Å². The van der Waals surface area contributed by atoms with Crippen molar-refractivity contribution in [1.82, 2.24) is 5.32 Å². The van der Waals surface area contributed by atoms with Gasteiger partial charge in [0, 0.05) is 11.3 Å². The van der Waals surface area contributed by atoms with E-state index in [0.29, 0.717) is 5.56 Å². The van der Waals surface area contributed by atoms with Crippen LogP contribution in [0, 0.1) is 6.92 Å². The zero-order valence-electron chi connectivity index (χ0n) is 12.1. The Morgan fingerprint density at radius 2 is 1.78 bits per heavy atom. The lowest BCUT2D eigenvalue weighted by molar-refractivity contribution is -0.137. The first kappa shape index (κ1) is 17.0. The quantitative estimate of drug-likeness (QED) is 0.809. The van der Waals surface area contributed by atoms with Gasteiger partial charge < -0.3 is 5.32 Å². The average Bonchev–Trinajstić information content (AvgIpc) is 2.46. The number of amides is 1. The molecule has 1 amide bonds. The molecule has 0 aromatic heterocycles. The normalized spacial score (nSPS) is 11.0. The fourth-order valence-corrected chi connectivity index (χ4v) is 2.11. The Morgan fingerprint density at radius 3 is 2.43 bits per heavy atom. The van der Waals surface area contributed by atoms with Gasteiger partial charge in [0.2, 0.25) is 0 Å². The Kier molecular flexibility index (Phi) is 5.00. The summed E-state index contributed by atoms with van der Waals surface area (Å²) in [6.45, 7) is 1.84. The molecule has 0 saturated carbocycles. The molecule has 0 atom stereocenters. The minimum atomic E-state index is -4.44. The molecule has 0 aliphatic carbocycles. The molecule has 23 heavy (non-hydrogen) atoms. The summed E-state index contributed by atoms with van der Waals surface area (Å²) in [5, 5.41) is 4.93. The number of alkyl halides is 3. The van der Waals surface area contributed by atoms with Crippen LogP contribution in [0.1, 0.15) is 21.5 Å². The summed E-state index contributed by atoms with van der Waals surface area (Å²) < 4.78 is 37.9. The Morgan fingerprint density at radius 1 is 1.09 bits per heavy atom. The standard InChI is InChI=1S/C16H13F3N2OS/c1-10-4-2-5-11(8-10)14(22)21-15(23)20-13-7-3-6-12(9-13)16(17,18)19/h2-9H,1H3,(H2,20,21,22,23). The second-order valence-corrected chi connectivity index (χ2v) is 5.26. The molecule has 0 saturated heterocycles. The number of carbonyl (C=O) groups is 1. The number of carbonyl (C=O) groups excluding carboxylic acids is 1. The van der Waals surface area contributed by atoms with Gasteiger partial charge >= 0.3 is 6.18 Å². The Bertz CT molecular complexity index is 744. The van der Waals surface area contributed by atoms with E-state index in [2.05, 4.69) is 10.6 Å². The lowest BCUT2D eigenvalue weighted by Gasteiger charge is -2.12. The van der Waals surface area contributed by atoms with Gasteiger partial charge in [0.05, 0.1) is 5.56 Å². The molecule has 2 N–H and O–H groups in total. The summed E-state index contributed by atoms with van der Waals surface area (Å²) in [6.07, 6.45) is -4.44. The first-order valence-electron chi connectivity index (χ1n) is 6.62. The second-order valence-electron chi connectivity index (χ2n) is 4.86. The van der Waals surface area contributed by atoms with E-state index >= 15 is 0 Å². The minimum Gasteiger partial charge on any atom is -0.332 e. The molecule has 7 heteroatoms. The third-order valence-corrected chi connectivity index (χ3v) is 3.16. The maximum absolute atomic E-state index is 12.6. The van der Waals surface area contributed by atoms with Gasteiger partial charge in [-0.05, 0) is 49.5 Å². The van der Waals surface area contributed by atoms with E-state index in [-0.39, 0.29) is 10.8 Å². The van der Waals surface area contributed by atoms with Gasteiger partial charge in [-0.25, -0.2) is 0 Å². The zero-order chi connectivity index (χ0) is 17.0. The van der Waals surface area contributed by atoms with Crippen LogP contribution in [0.3, 0.4) is 0 Å². The first-order chi connectivity index (χ1) is 10.8. The number of hydrogen-bond donors (Lipinski definition) is 2. The molecule has 0 radical (unpaired) electrons. The van der Waals surface area contributed by atoms with E-state index < -0.39 is 17.6 Å². The molecule has 0 spiro atoms. The highest BCUT2D eigenvalue weighted by Gasteiger charge is 2.30. The summed E-state index contributed by atoms with van der Waals surface area (Å²) >= 11 is 4.96. The van der Waals surface area contributed by atoms with Crippen molar-refractivity contribution in [1.29, 1.82) is 0 Å². The molecule has 2 rings (SSSR count). The van der Waals surface area contributed by atoms with Crippen LogP contribution in [0.5, 0.6) is 0 Å². The smallest absolute Gasteiger partial charge is 0.332 e. The molecular weight excluding hydrogens is 325 g/mol. The van der Waals surface area contributed by atoms with Gasteiger partial charge in [0.1, 0.15) is 0 Å². The topological polar surface area (TPSA) is 41.1 Å². The van der Waals surface area contributed by atoms with Gasteiger partial charge in [-0.2, -0.15) is 13.2 Å². The Balaban J connectivity index is 2.04. The first-order valence-corrected chi connectivity index (χ1v) is 7.03. The van der Waals surface area contributed by atoms with E-state index in [1.807, 2.05) is 13.0 Å². The predicted octanol–water partition coefficient (Wildman–Crippen LogP) is 4.14. The van der Waals surface area contributed by atoms with Crippen molar-refractivity contribution >= 4 is 28.9 Å². The van der Waals surface area contributed by atoms with Crippen LogP contribution in [0.4, 0.5) is 18.9 Å². The van der Waals surface area contributed by atoms with Gasteiger partial charge in [-0.1, -0.05) is 23.8 Å². The van der Waals surface area contributed by atoms with Crippen molar-refractivity contribution in [3.05, 3.63) is 65.2 Å². The maximum Gasteiger partial charge on any atom is 0.416 e. The third-order valence-electron chi connectivity index (χ3n) is 2.96. The van der Waals surface area contributed by atoms with Gasteiger partial charge in [-0.3, -0.25) is 10.1 Å².